The number of aliphatic carboxylic acids is 1. The fourth-order valence-electron chi connectivity index (χ4n) is 6.18. The summed E-state index contributed by atoms with van der Waals surface area (Å²) >= 11 is 0. The molecule has 0 radical (unpaired) electrons. The molecule has 2 atom stereocenters. The summed E-state index contributed by atoms with van der Waals surface area (Å²) in [6.07, 6.45) is 47.0. The van der Waals surface area contributed by atoms with Gasteiger partial charge in [0.1, 0.15) is 6.61 Å². The Balaban J connectivity index is 4.28. The zero-order valence-corrected chi connectivity index (χ0v) is 36.6. The van der Waals surface area contributed by atoms with Crippen LogP contribution >= 0.6 is 0 Å². The standard InChI is InChI=1S/C48H83NO7/c1-6-8-10-12-14-16-18-19-20-21-22-23-24-25-26-27-28-29-31-33-35-37-39-47(51)56-44(42-54-41-40-45(48(52)53)49(3,4)5)43-55-46(50)38-36-34-32-30-17-15-13-11-9-7-2/h8,10,13-16,19-20,22-23,44-45H,6-7,9,11-12,17-18,21,24-43H2,1-5H3/p+1/b10-8+,15-13+,16-14+,20-19+,23-22+. The van der Waals surface area contributed by atoms with E-state index < -0.39 is 18.1 Å². The SMILES string of the molecule is CC/C=C/C/C=C/C/C=C/C/C=C/CCCCCCCCCCCC(=O)OC(COCCC(C(=O)O)[N+](C)(C)C)COC(=O)CCCCCC/C=C/CCCC. The molecular weight excluding hydrogens is 703 g/mol. The summed E-state index contributed by atoms with van der Waals surface area (Å²) in [6, 6.07) is -0.618. The van der Waals surface area contributed by atoms with Crippen LogP contribution in [0.25, 0.3) is 0 Å². The second-order valence-electron chi connectivity index (χ2n) is 15.9. The minimum Gasteiger partial charge on any atom is -0.477 e. The van der Waals surface area contributed by atoms with Crippen LogP contribution < -0.4 is 0 Å². The van der Waals surface area contributed by atoms with Gasteiger partial charge in [0.2, 0.25) is 0 Å². The van der Waals surface area contributed by atoms with Crippen LogP contribution in [-0.4, -0.2) is 80.6 Å². The number of carboxylic acids is 1. The number of esters is 2. The molecule has 0 saturated heterocycles. The molecule has 8 heteroatoms. The number of ether oxygens (including phenoxy) is 3. The van der Waals surface area contributed by atoms with Crippen molar-refractivity contribution in [1.29, 1.82) is 0 Å². The molecule has 2 unspecified atom stereocenters. The maximum atomic E-state index is 12.7. The Bertz CT molecular complexity index is 1100. The van der Waals surface area contributed by atoms with Gasteiger partial charge in [0.15, 0.2) is 12.1 Å². The van der Waals surface area contributed by atoms with Crippen LogP contribution in [0.1, 0.15) is 174 Å². The van der Waals surface area contributed by atoms with Gasteiger partial charge in [-0.25, -0.2) is 4.79 Å². The molecule has 0 saturated carbocycles. The van der Waals surface area contributed by atoms with Crippen LogP contribution in [0, 0.1) is 0 Å². The highest BCUT2D eigenvalue weighted by Gasteiger charge is 2.31. The first kappa shape index (κ1) is 53.0. The van der Waals surface area contributed by atoms with Crippen molar-refractivity contribution in [3.05, 3.63) is 60.8 Å². The van der Waals surface area contributed by atoms with Gasteiger partial charge >= 0.3 is 17.9 Å². The van der Waals surface area contributed by atoms with Crippen LogP contribution in [0.3, 0.4) is 0 Å². The van der Waals surface area contributed by atoms with Gasteiger partial charge in [0.25, 0.3) is 0 Å². The zero-order chi connectivity index (χ0) is 41.4. The Hall–Kier alpha value is -2.97. The number of carbonyl (C=O) groups excluding carboxylic acids is 2. The molecular formula is C48H84NO7+. The third kappa shape index (κ3) is 36.7. The molecule has 0 aromatic rings. The summed E-state index contributed by atoms with van der Waals surface area (Å²) in [4.78, 5) is 36.9. The number of carbonyl (C=O) groups is 3. The Morgan fingerprint density at radius 1 is 0.554 bits per heavy atom. The van der Waals surface area contributed by atoms with E-state index in [1.54, 1.807) is 0 Å². The van der Waals surface area contributed by atoms with Crippen LogP contribution in [0.15, 0.2) is 60.8 Å². The number of hydrogen-bond donors (Lipinski definition) is 1. The number of rotatable bonds is 39. The molecule has 0 aliphatic heterocycles. The number of nitrogens with zero attached hydrogens (tertiary/aromatic N) is 1. The lowest BCUT2D eigenvalue weighted by atomic mass is 10.1. The van der Waals surface area contributed by atoms with E-state index in [-0.39, 0.29) is 36.2 Å². The maximum Gasteiger partial charge on any atom is 0.362 e. The van der Waals surface area contributed by atoms with Gasteiger partial charge in [0.05, 0.1) is 34.4 Å². The molecule has 0 heterocycles. The smallest absolute Gasteiger partial charge is 0.362 e. The molecule has 56 heavy (non-hydrogen) atoms. The summed E-state index contributed by atoms with van der Waals surface area (Å²) < 4.78 is 17.2. The lowest BCUT2D eigenvalue weighted by Gasteiger charge is -2.31. The van der Waals surface area contributed by atoms with Gasteiger partial charge in [-0.3, -0.25) is 9.59 Å². The van der Waals surface area contributed by atoms with Crippen LogP contribution in [-0.2, 0) is 28.6 Å². The van der Waals surface area contributed by atoms with Crippen molar-refractivity contribution in [2.75, 3.05) is 41.0 Å². The van der Waals surface area contributed by atoms with Crippen LogP contribution in [0.4, 0.5) is 0 Å². The Morgan fingerprint density at radius 2 is 1.00 bits per heavy atom. The lowest BCUT2D eigenvalue weighted by Crippen LogP contribution is -2.50. The van der Waals surface area contributed by atoms with E-state index >= 15 is 0 Å². The van der Waals surface area contributed by atoms with Crippen molar-refractivity contribution in [1.82, 2.24) is 0 Å². The fraction of sp³-hybridized carbons (Fsp3) is 0.729. The Morgan fingerprint density at radius 3 is 1.50 bits per heavy atom. The molecule has 0 rings (SSSR count). The van der Waals surface area contributed by atoms with Crippen molar-refractivity contribution in [2.24, 2.45) is 0 Å². The highest BCUT2D eigenvalue weighted by atomic mass is 16.6. The molecule has 1 N–H and O–H groups in total. The van der Waals surface area contributed by atoms with Gasteiger partial charge in [-0.15, -0.1) is 0 Å². The van der Waals surface area contributed by atoms with Gasteiger partial charge < -0.3 is 23.8 Å². The van der Waals surface area contributed by atoms with Gasteiger partial charge in [-0.05, 0) is 70.6 Å². The first-order valence-electron chi connectivity index (χ1n) is 22.3. The molecule has 0 aliphatic rings. The van der Waals surface area contributed by atoms with E-state index in [9.17, 15) is 19.5 Å². The zero-order valence-electron chi connectivity index (χ0n) is 36.6. The van der Waals surface area contributed by atoms with Crippen LogP contribution in [0.5, 0.6) is 0 Å². The first-order chi connectivity index (χ1) is 27.1. The summed E-state index contributed by atoms with van der Waals surface area (Å²) in [5.41, 5.74) is 0. The van der Waals surface area contributed by atoms with Crippen LogP contribution in [0.2, 0.25) is 0 Å². The number of quaternary nitrogens is 1. The van der Waals surface area contributed by atoms with E-state index in [4.69, 9.17) is 14.2 Å². The summed E-state index contributed by atoms with van der Waals surface area (Å²) in [5.74, 6) is -1.50. The predicted octanol–water partition coefficient (Wildman–Crippen LogP) is 12.2. The minimum absolute atomic E-state index is 0.0533. The van der Waals surface area contributed by atoms with Crippen molar-refractivity contribution < 1.29 is 38.2 Å². The average molecular weight is 787 g/mol. The number of unbranched alkanes of at least 4 members (excludes halogenated alkanes) is 15. The average Bonchev–Trinajstić information content (AvgIpc) is 3.15. The quantitative estimate of drug-likeness (QED) is 0.0287. The number of hydrogen-bond acceptors (Lipinski definition) is 6. The van der Waals surface area contributed by atoms with E-state index in [1.807, 2.05) is 21.1 Å². The van der Waals surface area contributed by atoms with Crippen molar-refractivity contribution in [2.45, 2.75) is 187 Å². The molecule has 0 spiro atoms. The molecule has 0 fully saturated rings. The van der Waals surface area contributed by atoms with Crippen molar-refractivity contribution in [3.63, 3.8) is 0 Å². The normalized spacial score (nSPS) is 13.5. The number of likely N-dealkylation sites (N-methyl/N-ethyl adjacent to an activating group) is 1. The summed E-state index contributed by atoms with van der Waals surface area (Å²) in [6.45, 7) is 4.55. The van der Waals surface area contributed by atoms with Gasteiger partial charge in [0, 0.05) is 19.3 Å². The number of allylic oxidation sites excluding steroid dienone is 10. The third-order valence-electron chi connectivity index (χ3n) is 9.65. The highest BCUT2D eigenvalue weighted by Crippen LogP contribution is 2.14. The minimum atomic E-state index is -0.880. The maximum absolute atomic E-state index is 12.7. The Labute approximate surface area is 343 Å². The first-order valence-corrected chi connectivity index (χ1v) is 22.3. The van der Waals surface area contributed by atoms with Gasteiger partial charge in [-0.1, -0.05) is 145 Å². The predicted molar refractivity (Wildman–Crippen MR) is 234 cm³/mol. The highest BCUT2D eigenvalue weighted by molar-refractivity contribution is 5.72. The molecule has 0 aliphatic carbocycles. The Kier molecular flexibility index (Phi) is 36.8. The molecule has 0 bridgehead atoms. The summed E-state index contributed by atoms with van der Waals surface area (Å²) in [7, 11) is 5.51. The topological polar surface area (TPSA) is 99.1 Å². The van der Waals surface area contributed by atoms with E-state index in [0.717, 1.165) is 89.9 Å². The van der Waals surface area contributed by atoms with E-state index in [0.29, 0.717) is 19.3 Å². The summed E-state index contributed by atoms with van der Waals surface area (Å²) in [5, 5.41) is 9.61. The molecule has 0 aromatic heterocycles. The molecule has 0 aromatic carbocycles. The second kappa shape index (κ2) is 38.9. The van der Waals surface area contributed by atoms with Crippen molar-refractivity contribution >= 4 is 17.9 Å². The third-order valence-corrected chi connectivity index (χ3v) is 9.65. The van der Waals surface area contributed by atoms with E-state index in [1.165, 1.54) is 51.4 Å². The monoisotopic (exact) mass is 787 g/mol. The van der Waals surface area contributed by atoms with Gasteiger partial charge in [-0.2, -0.15) is 0 Å². The largest absolute Gasteiger partial charge is 0.477 e. The number of carboxylic acid groups (broad SMARTS) is 1. The molecule has 0 amide bonds. The van der Waals surface area contributed by atoms with E-state index in [2.05, 4.69) is 74.6 Å². The molecule has 322 valence electrons. The molecule has 8 nitrogen and oxygen atoms in total. The lowest BCUT2D eigenvalue weighted by molar-refractivity contribution is -0.887. The second-order valence-corrected chi connectivity index (χ2v) is 15.9. The van der Waals surface area contributed by atoms with Crippen molar-refractivity contribution in [3.8, 4) is 0 Å². The fourth-order valence-corrected chi connectivity index (χ4v) is 6.18.